The molecule has 0 fully saturated rings. The van der Waals surface area contributed by atoms with Crippen molar-refractivity contribution in [2.45, 2.75) is 6.54 Å². The quantitative estimate of drug-likeness (QED) is 0.660. The third-order valence-electron chi connectivity index (χ3n) is 1.31. The molecule has 0 radical (unpaired) electrons. The Hall–Kier alpha value is -0.950. The van der Waals surface area contributed by atoms with Crippen molar-refractivity contribution in [3.05, 3.63) is 5.89 Å². The van der Waals surface area contributed by atoms with E-state index in [2.05, 4.69) is 15.5 Å². The minimum atomic E-state index is -0.811. The standard InChI is InChI=1S/C6H12N4O2S/c1-13(11)3-2-8-6-10-9-5(4-7)12-6/h2-4,7H2,1H3,(H,8,10). The highest BCUT2D eigenvalue weighted by Crippen LogP contribution is 2.03. The van der Waals surface area contributed by atoms with Crippen LogP contribution in [0.3, 0.4) is 0 Å². The third kappa shape index (κ3) is 3.51. The molecular formula is C6H12N4O2S. The van der Waals surface area contributed by atoms with E-state index >= 15 is 0 Å². The van der Waals surface area contributed by atoms with Crippen molar-refractivity contribution < 1.29 is 8.63 Å². The van der Waals surface area contributed by atoms with Gasteiger partial charge in [0.05, 0.1) is 6.54 Å². The number of nitrogens with two attached hydrogens (primary N) is 1. The summed E-state index contributed by atoms with van der Waals surface area (Å²) in [7, 11) is -0.811. The van der Waals surface area contributed by atoms with E-state index in [1.54, 1.807) is 6.26 Å². The van der Waals surface area contributed by atoms with Crippen LogP contribution in [0.15, 0.2) is 4.42 Å². The first-order chi connectivity index (χ1) is 6.22. The van der Waals surface area contributed by atoms with Gasteiger partial charge in [-0.3, -0.25) is 4.21 Å². The number of anilines is 1. The van der Waals surface area contributed by atoms with Crippen LogP contribution in [0.25, 0.3) is 0 Å². The fourth-order valence-electron chi connectivity index (χ4n) is 0.709. The summed E-state index contributed by atoms with van der Waals surface area (Å²) in [5.41, 5.74) is 5.27. The lowest BCUT2D eigenvalue weighted by Gasteiger charge is -1.97. The van der Waals surface area contributed by atoms with Gasteiger partial charge in [-0.2, -0.15) is 0 Å². The number of hydrogen-bond donors (Lipinski definition) is 2. The van der Waals surface area contributed by atoms with Gasteiger partial charge >= 0.3 is 6.01 Å². The molecule has 1 rings (SSSR count). The summed E-state index contributed by atoms with van der Waals surface area (Å²) in [6.45, 7) is 0.781. The van der Waals surface area contributed by atoms with Gasteiger partial charge in [-0.15, -0.1) is 5.10 Å². The van der Waals surface area contributed by atoms with Crippen molar-refractivity contribution in [1.29, 1.82) is 0 Å². The van der Waals surface area contributed by atoms with E-state index in [-0.39, 0.29) is 6.54 Å². The highest BCUT2D eigenvalue weighted by atomic mass is 32.2. The van der Waals surface area contributed by atoms with E-state index in [4.69, 9.17) is 10.2 Å². The molecule has 1 aromatic heterocycles. The van der Waals surface area contributed by atoms with Crippen LogP contribution in [0.5, 0.6) is 0 Å². The Bertz CT molecular complexity index is 288. The number of aromatic nitrogens is 2. The number of nitrogens with one attached hydrogen (secondary N) is 1. The maximum Gasteiger partial charge on any atom is 0.315 e. The van der Waals surface area contributed by atoms with Crippen LogP contribution in [0.2, 0.25) is 0 Å². The average molecular weight is 204 g/mol. The smallest absolute Gasteiger partial charge is 0.315 e. The second kappa shape index (κ2) is 4.93. The second-order valence-electron chi connectivity index (χ2n) is 2.41. The molecule has 0 spiro atoms. The van der Waals surface area contributed by atoms with Crippen molar-refractivity contribution >= 4 is 16.8 Å². The molecule has 13 heavy (non-hydrogen) atoms. The highest BCUT2D eigenvalue weighted by Gasteiger charge is 2.02. The van der Waals surface area contributed by atoms with Gasteiger partial charge in [0.25, 0.3) is 0 Å². The van der Waals surface area contributed by atoms with Crippen molar-refractivity contribution in [3.63, 3.8) is 0 Å². The minimum absolute atomic E-state index is 0.231. The Labute approximate surface area is 78.4 Å². The Morgan fingerprint density at radius 3 is 2.92 bits per heavy atom. The summed E-state index contributed by atoms with van der Waals surface area (Å²) in [4.78, 5) is 0. The molecule has 3 N–H and O–H groups in total. The average Bonchev–Trinajstić information content (AvgIpc) is 2.52. The Balaban J connectivity index is 2.32. The first-order valence-electron chi connectivity index (χ1n) is 3.78. The van der Waals surface area contributed by atoms with E-state index < -0.39 is 10.8 Å². The maximum atomic E-state index is 10.7. The zero-order valence-corrected chi connectivity index (χ0v) is 8.13. The van der Waals surface area contributed by atoms with Gasteiger partial charge in [-0.25, -0.2) is 0 Å². The Morgan fingerprint density at radius 2 is 2.38 bits per heavy atom. The largest absolute Gasteiger partial charge is 0.407 e. The van der Waals surface area contributed by atoms with Crippen molar-refractivity contribution in [3.8, 4) is 0 Å². The lowest BCUT2D eigenvalue weighted by atomic mass is 10.7. The van der Waals surface area contributed by atoms with Gasteiger partial charge in [0.15, 0.2) is 0 Å². The van der Waals surface area contributed by atoms with Crippen molar-refractivity contribution in [1.82, 2.24) is 10.2 Å². The van der Waals surface area contributed by atoms with Crippen LogP contribution in [0.4, 0.5) is 6.01 Å². The summed E-state index contributed by atoms with van der Waals surface area (Å²) < 4.78 is 15.7. The van der Waals surface area contributed by atoms with Gasteiger partial charge in [0, 0.05) is 29.4 Å². The zero-order valence-electron chi connectivity index (χ0n) is 7.32. The van der Waals surface area contributed by atoms with Gasteiger partial charge in [0.2, 0.25) is 5.89 Å². The van der Waals surface area contributed by atoms with Crippen LogP contribution >= 0.6 is 0 Å². The lowest BCUT2D eigenvalue weighted by Crippen LogP contribution is -2.09. The van der Waals surface area contributed by atoms with E-state index in [1.807, 2.05) is 0 Å². The molecule has 0 aliphatic heterocycles. The molecule has 0 saturated carbocycles. The molecule has 1 heterocycles. The molecule has 0 bridgehead atoms. The van der Waals surface area contributed by atoms with E-state index in [0.717, 1.165) is 0 Å². The maximum absolute atomic E-state index is 10.7. The Morgan fingerprint density at radius 1 is 1.62 bits per heavy atom. The van der Waals surface area contributed by atoms with Crippen LogP contribution in [0.1, 0.15) is 5.89 Å². The summed E-state index contributed by atoms with van der Waals surface area (Å²) in [5.74, 6) is 0.945. The zero-order chi connectivity index (χ0) is 9.68. The first kappa shape index (κ1) is 10.1. The Kier molecular flexibility index (Phi) is 3.84. The summed E-state index contributed by atoms with van der Waals surface area (Å²) in [6.07, 6.45) is 1.64. The van der Waals surface area contributed by atoms with Crippen molar-refractivity contribution in [2.75, 3.05) is 23.9 Å². The van der Waals surface area contributed by atoms with Crippen molar-refractivity contribution in [2.24, 2.45) is 5.73 Å². The van der Waals surface area contributed by atoms with Crippen LogP contribution in [-0.2, 0) is 17.3 Å². The molecule has 6 nitrogen and oxygen atoms in total. The summed E-state index contributed by atoms with van der Waals surface area (Å²) >= 11 is 0. The normalized spacial score (nSPS) is 12.8. The van der Waals surface area contributed by atoms with Gasteiger partial charge in [-0.05, 0) is 0 Å². The highest BCUT2D eigenvalue weighted by molar-refractivity contribution is 7.84. The molecule has 0 aliphatic rings. The molecular weight excluding hydrogens is 192 g/mol. The van der Waals surface area contributed by atoms with E-state index in [1.165, 1.54) is 0 Å². The van der Waals surface area contributed by atoms with Gasteiger partial charge in [0.1, 0.15) is 0 Å². The molecule has 7 heteroatoms. The topological polar surface area (TPSA) is 94.0 Å². The van der Waals surface area contributed by atoms with E-state index in [9.17, 15) is 4.21 Å². The fourth-order valence-corrected chi connectivity index (χ4v) is 1.10. The summed E-state index contributed by atoms with van der Waals surface area (Å²) in [6, 6.07) is 0.325. The molecule has 0 aliphatic carbocycles. The van der Waals surface area contributed by atoms with Crippen LogP contribution in [0, 0.1) is 0 Å². The third-order valence-corrected chi connectivity index (χ3v) is 2.09. The second-order valence-corrected chi connectivity index (χ2v) is 3.96. The van der Waals surface area contributed by atoms with Crippen LogP contribution in [-0.4, -0.2) is 33.0 Å². The minimum Gasteiger partial charge on any atom is -0.407 e. The van der Waals surface area contributed by atoms with Gasteiger partial charge in [-0.1, -0.05) is 5.10 Å². The van der Waals surface area contributed by atoms with E-state index in [0.29, 0.717) is 24.2 Å². The molecule has 1 atom stereocenters. The lowest BCUT2D eigenvalue weighted by molar-refractivity contribution is 0.508. The molecule has 1 unspecified atom stereocenters. The molecule has 0 amide bonds. The molecule has 1 aromatic rings. The number of nitrogens with zero attached hydrogens (tertiary/aromatic N) is 2. The molecule has 74 valence electrons. The van der Waals surface area contributed by atoms with Crippen LogP contribution < -0.4 is 11.1 Å². The molecule has 0 aromatic carbocycles. The van der Waals surface area contributed by atoms with Gasteiger partial charge < -0.3 is 15.5 Å². The molecule has 0 saturated heterocycles. The monoisotopic (exact) mass is 204 g/mol. The number of rotatable bonds is 5. The predicted molar refractivity (Wildman–Crippen MR) is 49.6 cm³/mol. The predicted octanol–water partition coefficient (Wildman–Crippen LogP) is -0.681. The fraction of sp³-hybridized carbons (Fsp3) is 0.667. The first-order valence-corrected chi connectivity index (χ1v) is 5.51. The number of hydrogen-bond acceptors (Lipinski definition) is 6. The summed E-state index contributed by atoms with van der Waals surface area (Å²) in [5, 5.41) is 10.2. The SMILES string of the molecule is CS(=O)CCNc1nnc(CN)o1.